The van der Waals surface area contributed by atoms with Gasteiger partial charge in [0.2, 0.25) is 0 Å². The van der Waals surface area contributed by atoms with E-state index in [1.165, 1.54) is 5.56 Å². The Hall–Kier alpha value is -0.430. The number of halogens is 2. The van der Waals surface area contributed by atoms with Crippen LogP contribution >= 0.6 is 38.5 Å². The lowest BCUT2D eigenvalue weighted by molar-refractivity contribution is 0.202. The quantitative estimate of drug-likeness (QED) is 0.693. The minimum Gasteiger partial charge on any atom is -0.384 e. The third-order valence-corrected chi connectivity index (χ3v) is 4.62. The van der Waals surface area contributed by atoms with E-state index >= 15 is 0 Å². The monoisotopic (exact) mass is 446 g/mol. The highest BCUT2D eigenvalue weighted by atomic mass is 127. The molecule has 1 N–H and O–H groups in total. The first-order valence-corrected chi connectivity index (χ1v) is 8.20. The van der Waals surface area contributed by atoms with Crippen LogP contribution in [0.5, 0.6) is 0 Å². The number of ether oxygens (including phenoxy) is 1. The largest absolute Gasteiger partial charge is 0.384 e. The molecule has 1 unspecified atom stereocenters. The second-order valence-corrected chi connectivity index (χ2v) is 6.63. The van der Waals surface area contributed by atoms with Gasteiger partial charge in [0.25, 0.3) is 0 Å². The van der Waals surface area contributed by atoms with Crippen LogP contribution in [0.2, 0.25) is 0 Å². The highest BCUT2D eigenvalue weighted by Crippen LogP contribution is 2.28. The lowest BCUT2D eigenvalue weighted by atomic mass is 10.00. The first-order valence-electron chi connectivity index (χ1n) is 6.32. The molecule has 0 saturated carbocycles. The summed E-state index contributed by atoms with van der Waals surface area (Å²) in [6.45, 7) is 0.714. The van der Waals surface area contributed by atoms with E-state index in [-0.39, 0.29) is 0 Å². The summed E-state index contributed by atoms with van der Waals surface area (Å²) >= 11 is 5.70. The number of aliphatic hydroxyl groups is 1. The average Bonchev–Trinajstić information content (AvgIpc) is 2.47. The van der Waals surface area contributed by atoms with Crippen molar-refractivity contribution in [3.8, 4) is 0 Å². The van der Waals surface area contributed by atoms with Gasteiger partial charge in [0.15, 0.2) is 0 Å². The predicted molar refractivity (Wildman–Crippen MR) is 92.9 cm³/mol. The van der Waals surface area contributed by atoms with Crippen LogP contribution in [-0.2, 0) is 11.2 Å². The first kappa shape index (κ1) is 15.9. The molecule has 2 aromatic rings. The first-order chi connectivity index (χ1) is 9.61. The van der Waals surface area contributed by atoms with Gasteiger partial charge in [0, 0.05) is 15.2 Å². The fourth-order valence-electron chi connectivity index (χ4n) is 1.99. The van der Waals surface area contributed by atoms with Gasteiger partial charge in [-0.15, -0.1) is 0 Å². The maximum absolute atomic E-state index is 10.5. The van der Waals surface area contributed by atoms with E-state index in [1.54, 1.807) is 7.11 Å². The molecule has 0 bridgehead atoms. The highest BCUT2D eigenvalue weighted by molar-refractivity contribution is 14.1. The Labute approximate surface area is 141 Å². The smallest absolute Gasteiger partial charge is 0.105 e. The fourth-order valence-corrected chi connectivity index (χ4v) is 3.00. The van der Waals surface area contributed by atoms with E-state index in [0.717, 1.165) is 25.6 Å². The molecular weight excluding hydrogens is 431 g/mol. The van der Waals surface area contributed by atoms with Crippen LogP contribution in [0, 0.1) is 3.57 Å². The van der Waals surface area contributed by atoms with E-state index in [1.807, 2.05) is 42.5 Å². The number of methoxy groups -OCH3 is 1. The van der Waals surface area contributed by atoms with Crippen molar-refractivity contribution < 1.29 is 9.84 Å². The van der Waals surface area contributed by atoms with Crippen molar-refractivity contribution in [1.29, 1.82) is 0 Å². The van der Waals surface area contributed by atoms with Crippen molar-refractivity contribution in [2.75, 3.05) is 13.7 Å². The van der Waals surface area contributed by atoms with Crippen molar-refractivity contribution in [1.82, 2.24) is 0 Å². The van der Waals surface area contributed by atoms with Crippen molar-refractivity contribution in [2.45, 2.75) is 12.5 Å². The standard InChI is InChI=1S/C16H16BrIO2/c1-20-9-8-11-2-4-12(5-3-11)16(19)14-10-13(17)6-7-15(14)18/h2-7,10,16,19H,8-9H2,1H3. The lowest BCUT2D eigenvalue weighted by Crippen LogP contribution is -2.03. The normalized spacial score (nSPS) is 12.4. The topological polar surface area (TPSA) is 29.5 Å². The van der Waals surface area contributed by atoms with E-state index in [2.05, 4.69) is 38.5 Å². The summed E-state index contributed by atoms with van der Waals surface area (Å²) in [6, 6.07) is 14.0. The highest BCUT2D eigenvalue weighted by Gasteiger charge is 2.14. The zero-order valence-corrected chi connectivity index (χ0v) is 14.9. The van der Waals surface area contributed by atoms with Crippen molar-refractivity contribution in [3.05, 3.63) is 67.2 Å². The van der Waals surface area contributed by atoms with Crippen LogP contribution in [0.1, 0.15) is 22.8 Å². The second kappa shape index (κ2) is 7.54. The van der Waals surface area contributed by atoms with Gasteiger partial charge >= 0.3 is 0 Å². The molecular formula is C16H16BrIO2. The minimum atomic E-state index is -0.601. The van der Waals surface area contributed by atoms with E-state index in [4.69, 9.17) is 4.74 Å². The lowest BCUT2D eigenvalue weighted by Gasteiger charge is -2.14. The van der Waals surface area contributed by atoms with Gasteiger partial charge in [-0.25, -0.2) is 0 Å². The van der Waals surface area contributed by atoms with Crippen LogP contribution in [-0.4, -0.2) is 18.8 Å². The van der Waals surface area contributed by atoms with Gasteiger partial charge in [-0.2, -0.15) is 0 Å². The molecule has 0 fully saturated rings. The van der Waals surface area contributed by atoms with Gasteiger partial charge in [0.1, 0.15) is 6.10 Å². The third kappa shape index (κ3) is 4.04. The fraction of sp³-hybridized carbons (Fsp3) is 0.250. The number of benzene rings is 2. The molecule has 0 heterocycles. The average molecular weight is 447 g/mol. The Balaban J connectivity index is 2.20. The van der Waals surface area contributed by atoms with E-state index in [9.17, 15) is 5.11 Å². The molecule has 106 valence electrons. The SMILES string of the molecule is COCCc1ccc(C(O)c2cc(Br)ccc2I)cc1. The Morgan fingerprint density at radius 1 is 1.20 bits per heavy atom. The van der Waals surface area contributed by atoms with Crippen molar-refractivity contribution in [3.63, 3.8) is 0 Å². The van der Waals surface area contributed by atoms with Crippen LogP contribution in [0.3, 0.4) is 0 Å². The molecule has 2 nitrogen and oxygen atoms in total. The Morgan fingerprint density at radius 3 is 2.55 bits per heavy atom. The number of hydrogen-bond acceptors (Lipinski definition) is 2. The van der Waals surface area contributed by atoms with Crippen molar-refractivity contribution >= 4 is 38.5 Å². The van der Waals surface area contributed by atoms with E-state index in [0.29, 0.717) is 6.61 Å². The summed E-state index contributed by atoms with van der Waals surface area (Å²) in [4.78, 5) is 0. The second-order valence-electron chi connectivity index (χ2n) is 4.55. The molecule has 2 aromatic carbocycles. The molecule has 0 radical (unpaired) electrons. The zero-order chi connectivity index (χ0) is 14.5. The maximum Gasteiger partial charge on any atom is 0.105 e. The molecule has 0 aliphatic heterocycles. The summed E-state index contributed by atoms with van der Waals surface area (Å²) in [6.07, 6.45) is 0.289. The number of aliphatic hydroxyl groups excluding tert-OH is 1. The summed E-state index contributed by atoms with van der Waals surface area (Å²) in [7, 11) is 1.70. The van der Waals surface area contributed by atoms with Crippen molar-refractivity contribution in [2.24, 2.45) is 0 Å². The van der Waals surface area contributed by atoms with E-state index < -0.39 is 6.10 Å². The van der Waals surface area contributed by atoms with Crippen LogP contribution in [0.25, 0.3) is 0 Å². The zero-order valence-electron chi connectivity index (χ0n) is 11.1. The molecule has 20 heavy (non-hydrogen) atoms. The summed E-state index contributed by atoms with van der Waals surface area (Å²) in [5, 5.41) is 10.5. The maximum atomic E-state index is 10.5. The van der Waals surface area contributed by atoms with Crippen LogP contribution < -0.4 is 0 Å². The molecule has 4 heteroatoms. The molecule has 0 aliphatic rings. The predicted octanol–water partition coefficient (Wildman–Crippen LogP) is 4.32. The number of hydrogen-bond donors (Lipinski definition) is 1. The summed E-state index contributed by atoms with van der Waals surface area (Å²) in [5.74, 6) is 0. The molecule has 0 aromatic heterocycles. The van der Waals surface area contributed by atoms with Crippen LogP contribution in [0.4, 0.5) is 0 Å². The summed E-state index contributed by atoms with van der Waals surface area (Å²) in [5.41, 5.74) is 3.04. The van der Waals surface area contributed by atoms with Gasteiger partial charge in [-0.1, -0.05) is 40.2 Å². The summed E-state index contributed by atoms with van der Waals surface area (Å²) < 4.78 is 7.10. The minimum absolute atomic E-state index is 0.601. The van der Waals surface area contributed by atoms with Gasteiger partial charge < -0.3 is 9.84 Å². The molecule has 0 aliphatic carbocycles. The Kier molecular flexibility index (Phi) is 6.01. The van der Waals surface area contributed by atoms with Gasteiger partial charge in [-0.3, -0.25) is 0 Å². The van der Waals surface area contributed by atoms with Gasteiger partial charge in [-0.05, 0) is 63.9 Å². The Bertz CT molecular complexity index is 569. The van der Waals surface area contributed by atoms with Crippen LogP contribution in [0.15, 0.2) is 46.9 Å². The molecule has 0 amide bonds. The Morgan fingerprint density at radius 2 is 1.90 bits per heavy atom. The number of rotatable bonds is 5. The third-order valence-electron chi connectivity index (χ3n) is 3.14. The molecule has 1 atom stereocenters. The molecule has 0 saturated heterocycles. The molecule has 2 rings (SSSR count). The van der Waals surface area contributed by atoms with Gasteiger partial charge in [0.05, 0.1) is 6.61 Å². The molecule has 0 spiro atoms.